The van der Waals surface area contributed by atoms with Gasteiger partial charge in [0.25, 0.3) is 5.89 Å². The second-order valence-electron chi connectivity index (χ2n) is 4.21. The molecule has 2 heterocycles. The van der Waals surface area contributed by atoms with Crippen molar-refractivity contribution in [3.8, 4) is 11.5 Å². The molecule has 0 radical (unpaired) electrons. The third-order valence-corrected chi connectivity index (χ3v) is 3.46. The first kappa shape index (κ1) is 12.1. The second-order valence-corrected chi connectivity index (χ2v) is 4.74. The molecule has 0 amide bonds. The van der Waals surface area contributed by atoms with Gasteiger partial charge in [-0.25, -0.2) is 0 Å². The fraction of sp³-hybridized carbons (Fsp3) is 0.214. The molecule has 0 fully saturated rings. The molecule has 5 heteroatoms. The zero-order chi connectivity index (χ0) is 13.2. The molecule has 0 aliphatic rings. The van der Waals surface area contributed by atoms with E-state index in [9.17, 15) is 0 Å². The van der Waals surface area contributed by atoms with Crippen molar-refractivity contribution in [1.29, 1.82) is 0 Å². The van der Waals surface area contributed by atoms with E-state index in [0.29, 0.717) is 11.7 Å². The number of fused-ring (bicyclic) bond motifs is 1. The summed E-state index contributed by atoms with van der Waals surface area (Å²) in [6.07, 6.45) is 2.50. The molecule has 4 nitrogen and oxygen atoms in total. The molecule has 96 valence electrons. The number of rotatable bonds is 3. The zero-order valence-electron chi connectivity index (χ0n) is 10.4. The first-order valence-electron chi connectivity index (χ1n) is 6.11. The second kappa shape index (κ2) is 4.97. The maximum atomic E-state index is 6.11. The summed E-state index contributed by atoms with van der Waals surface area (Å²) in [4.78, 5) is 8.67. The number of alkyl halides is 1. The molecule has 1 unspecified atom stereocenters. The van der Waals surface area contributed by atoms with Gasteiger partial charge in [0.05, 0.1) is 16.5 Å². The maximum absolute atomic E-state index is 6.11. The standard InChI is InChI=1S/C14H12ClN3O/c1-2-11(15)13-17-14(19-18-13)10-7-8-16-12-6-4-3-5-9(10)12/h3-8,11H,2H2,1H3. The predicted octanol–water partition coefficient (Wildman–Crippen LogP) is 3.97. The lowest BCUT2D eigenvalue weighted by Gasteiger charge is -2.00. The Bertz CT molecular complexity index is 705. The van der Waals surface area contributed by atoms with Gasteiger partial charge in [-0.1, -0.05) is 30.3 Å². The molecule has 19 heavy (non-hydrogen) atoms. The number of hydrogen-bond acceptors (Lipinski definition) is 4. The Balaban J connectivity index is 2.12. The van der Waals surface area contributed by atoms with E-state index in [1.54, 1.807) is 6.20 Å². The molecule has 3 rings (SSSR count). The van der Waals surface area contributed by atoms with Crippen LogP contribution in [0.25, 0.3) is 22.4 Å². The lowest BCUT2D eigenvalue weighted by molar-refractivity contribution is 0.421. The quantitative estimate of drug-likeness (QED) is 0.678. The van der Waals surface area contributed by atoms with E-state index >= 15 is 0 Å². The predicted molar refractivity (Wildman–Crippen MR) is 73.9 cm³/mol. The average Bonchev–Trinajstić information content (AvgIpc) is 2.95. The van der Waals surface area contributed by atoms with Crippen LogP contribution < -0.4 is 0 Å². The van der Waals surface area contributed by atoms with Crippen LogP contribution in [0.4, 0.5) is 0 Å². The number of benzene rings is 1. The van der Waals surface area contributed by atoms with Crippen molar-refractivity contribution in [2.24, 2.45) is 0 Å². The smallest absolute Gasteiger partial charge is 0.258 e. The summed E-state index contributed by atoms with van der Waals surface area (Å²) in [6, 6.07) is 9.71. The van der Waals surface area contributed by atoms with Crippen molar-refractivity contribution in [1.82, 2.24) is 15.1 Å². The summed E-state index contributed by atoms with van der Waals surface area (Å²) in [5.74, 6) is 1.01. The average molecular weight is 274 g/mol. The van der Waals surface area contributed by atoms with Crippen LogP contribution in [0.15, 0.2) is 41.1 Å². The number of nitrogens with zero attached hydrogens (tertiary/aromatic N) is 3. The molecule has 2 aromatic heterocycles. The lowest BCUT2D eigenvalue weighted by atomic mass is 10.1. The molecule has 0 aliphatic carbocycles. The molecule has 1 aromatic carbocycles. The SMILES string of the molecule is CCC(Cl)c1noc(-c2ccnc3ccccc23)n1. The van der Waals surface area contributed by atoms with E-state index in [4.69, 9.17) is 16.1 Å². The van der Waals surface area contributed by atoms with Crippen LogP contribution in [-0.2, 0) is 0 Å². The van der Waals surface area contributed by atoms with Gasteiger partial charge in [0.1, 0.15) is 0 Å². The molecule has 0 bridgehead atoms. The number of aromatic nitrogens is 3. The minimum absolute atomic E-state index is 0.217. The molecule has 0 saturated heterocycles. The third-order valence-electron chi connectivity index (χ3n) is 2.96. The highest BCUT2D eigenvalue weighted by Gasteiger charge is 2.16. The summed E-state index contributed by atoms with van der Waals surface area (Å²) < 4.78 is 5.31. The number of hydrogen-bond donors (Lipinski definition) is 0. The van der Waals surface area contributed by atoms with Crippen LogP contribution in [0.2, 0.25) is 0 Å². The topological polar surface area (TPSA) is 51.8 Å². The van der Waals surface area contributed by atoms with Gasteiger partial charge in [-0.3, -0.25) is 4.98 Å². The summed E-state index contributed by atoms with van der Waals surface area (Å²) in [7, 11) is 0. The van der Waals surface area contributed by atoms with Crippen LogP contribution in [-0.4, -0.2) is 15.1 Å². The van der Waals surface area contributed by atoms with Crippen LogP contribution in [0.3, 0.4) is 0 Å². The first-order valence-corrected chi connectivity index (χ1v) is 6.55. The highest BCUT2D eigenvalue weighted by atomic mass is 35.5. The van der Waals surface area contributed by atoms with Crippen molar-refractivity contribution >= 4 is 22.5 Å². The van der Waals surface area contributed by atoms with Crippen molar-refractivity contribution in [2.45, 2.75) is 18.7 Å². The number of pyridine rings is 1. The largest absolute Gasteiger partial charge is 0.334 e. The molecule has 0 aliphatic heterocycles. The van der Waals surface area contributed by atoms with Gasteiger partial charge >= 0.3 is 0 Å². The van der Waals surface area contributed by atoms with Gasteiger partial charge in [0, 0.05) is 11.6 Å². The molecule has 0 N–H and O–H groups in total. The number of para-hydroxylation sites is 1. The van der Waals surface area contributed by atoms with Crippen molar-refractivity contribution in [3.05, 3.63) is 42.4 Å². The van der Waals surface area contributed by atoms with Crippen LogP contribution >= 0.6 is 11.6 Å². The van der Waals surface area contributed by atoms with Crippen LogP contribution in [0.5, 0.6) is 0 Å². The molecular weight excluding hydrogens is 262 g/mol. The van der Waals surface area contributed by atoms with Gasteiger partial charge in [0.15, 0.2) is 5.82 Å². The van der Waals surface area contributed by atoms with Gasteiger partial charge in [-0.2, -0.15) is 4.98 Å². The monoisotopic (exact) mass is 273 g/mol. The van der Waals surface area contributed by atoms with Crippen molar-refractivity contribution < 1.29 is 4.52 Å². The molecule has 0 spiro atoms. The lowest BCUT2D eigenvalue weighted by Crippen LogP contribution is -1.91. The van der Waals surface area contributed by atoms with E-state index in [-0.39, 0.29) is 5.38 Å². The maximum Gasteiger partial charge on any atom is 0.258 e. The Morgan fingerprint density at radius 1 is 1.26 bits per heavy atom. The van der Waals surface area contributed by atoms with Crippen molar-refractivity contribution in [2.75, 3.05) is 0 Å². The minimum Gasteiger partial charge on any atom is -0.334 e. The molecule has 1 atom stereocenters. The Kier molecular flexibility index (Phi) is 3.17. The highest BCUT2D eigenvalue weighted by molar-refractivity contribution is 6.20. The summed E-state index contributed by atoms with van der Waals surface area (Å²) in [5, 5.41) is 4.70. The zero-order valence-corrected chi connectivity index (χ0v) is 11.1. The highest BCUT2D eigenvalue weighted by Crippen LogP contribution is 2.28. The number of halogens is 1. The van der Waals surface area contributed by atoms with Gasteiger partial charge in [-0.05, 0) is 18.6 Å². The van der Waals surface area contributed by atoms with Gasteiger partial charge < -0.3 is 4.52 Å². The Labute approximate surface area is 115 Å². The van der Waals surface area contributed by atoms with E-state index in [1.165, 1.54) is 0 Å². The summed E-state index contributed by atoms with van der Waals surface area (Å²) in [5.41, 5.74) is 1.78. The van der Waals surface area contributed by atoms with E-state index in [1.807, 2.05) is 37.3 Å². The van der Waals surface area contributed by atoms with E-state index in [2.05, 4.69) is 15.1 Å². The van der Waals surface area contributed by atoms with Gasteiger partial charge in [0.2, 0.25) is 0 Å². The molecular formula is C14H12ClN3O. The molecule has 0 saturated carbocycles. The molecule has 3 aromatic rings. The Hall–Kier alpha value is -1.94. The first-order chi connectivity index (χ1) is 9.29. The fourth-order valence-corrected chi connectivity index (χ4v) is 2.03. The van der Waals surface area contributed by atoms with E-state index < -0.39 is 0 Å². The minimum atomic E-state index is -0.217. The summed E-state index contributed by atoms with van der Waals surface area (Å²) in [6.45, 7) is 1.98. The summed E-state index contributed by atoms with van der Waals surface area (Å²) >= 11 is 6.11. The Morgan fingerprint density at radius 3 is 2.95 bits per heavy atom. The third kappa shape index (κ3) is 2.19. The fourth-order valence-electron chi connectivity index (χ4n) is 1.94. The Morgan fingerprint density at radius 2 is 2.11 bits per heavy atom. The normalized spacial score (nSPS) is 12.7. The van der Waals surface area contributed by atoms with Crippen molar-refractivity contribution in [3.63, 3.8) is 0 Å². The van der Waals surface area contributed by atoms with Crippen LogP contribution in [0.1, 0.15) is 24.5 Å². The van der Waals surface area contributed by atoms with Gasteiger partial charge in [-0.15, -0.1) is 11.6 Å². The van der Waals surface area contributed by atoms with E-state index in [0.717, 1.165) is 22.9 Å². The van der Waals surface area contributed by atoms with Crippen LogP contribution in [0, 0.1) is 0 Å².